The average molecular weight is 511 g/mol. The van der Waals surface area contributed by atoms with Gasteiger partial charge in [0, 0.05) is 50.5 Å². The fraction of sp³-hybridized carbons (Fsp3) is 0.414. The highest BCUT2D eigenvalue weighted by Gasteiger charge is 2.46. The molecule has 1 atom stereocenters. The second-order valence-electron chi connectivity index (χ2n) is 10.2. The minimum atomic E-state index is -1.19. The van der Waals surface area contributed by atoms with Crippen LogP contribution in [0.2, 0.25) is 0 Å². The Bertz CT molecular complexity index is 1160. The van der Waals surface area contributed by atoms with Crippen LogP contribution in [0.5, 0.6) is 0 Å². The molecule has 2 amide bonds. The molecule has 1 unspecified atom stereocenters. The van der Waals surface area contributed by atoms with Gasteiger partial charge in [-0.1, -0.05) is 36.9 Å². The van der Waals surface area contributed by atoms with E-state index in [4.69, 9.17) is 0 Å². The predicted molar refractivity (Wildman–Crippen MR) is 142 cm³/mol. The molecule has 1 fully saturated rings. The highest BCUT2D eigenvalue weighted by molar-refractivity contribution is 5.83. The summed E-state index contributed by atoms with van der Waals surface area (Å²) in [5.74, 6) is -1.13. The van der Waals surface area contributed by atoms with E-state index in [9.17, 15) is 18.7 Å². The molecular weight excluding hydrogens is 474 g/mol. The van der Waals surface area contributed by atoms with E-state index in [2.05, 4.69) is 16.4 Å². The first-order chi connectivity index (χ1) is 17.7. The third-order valence-electron chi connectivity index (χ3n) is 7.50. The molecule has 2 aliphatic heterocycles. The minimum Gasteiger partial charge on any atom is -0.393 e. The molecule has 0 saturated carbocycles. The fourth-order valence-corrected chi connectivity index (χ4v) is 5.44. The predicted octanol–water partition coefficient (Wildman–Crippen LogP) is 4.14. The zero-order valence-electron chi connectivity index (χ0n) is 21.8. The molecule has 0 radical (unpaired) electrons. The molecule has 0 aliphatic carbocycles. The summed E-state index contributed by atoms with van der Waals surface area (Å²) < 4.78 is 28.8. The summed E-state index contributed by atoms with van der Waals surface area (Å²) >= 11 is 0. The van der Waals surface area contributed by atoms with Gasteiger partial charge in [-0.2, -0.15) is 0 Å². The summed E-state index contributed by atoms with van der Waals surface area (Å²) in [6.07, 6.45) is 3.29. The SMILES string of the molecule is C=C(CN(C)C)N1CCC(N(C)C(=O)N2CC(c3cc(F)ccc3F)=CC2(CO)c2ccccc2)CC1. The standard InChI is InChI=1S/C29H36F2N4O2/c1-21(18-32(2)3)34-14-12-25(13-15-34)33(4)28(37)35-19-22(26-16-24(30)10-11-27(26)31)17-29(35,20-36)23-8-6-5-7-9-23/h5-11,16-17,25,36H,1,12-15,18-20H2,2-4H3. The van der Waals surface area contributed by atoms with Gasteiger partial charge < -0.3 is 24.7 Å². The first-order valence-electron chi connectivity index (χ1n) is 12.6. The summed E-state index contributed by atoms with van der Waals surface area (Å²) in [5, 5.41) is 10.7. The number of halogens is 2. The maximum absolute atomic E-state index is 14.7. The molecule has 0 bridgehead atoms. The van der Waals surface area contributed by atoms with Gasteiger partial charge in [0.25, 0.3) is 0 Å². The molecule has 2 aromatic carbocycles. The van der Waals surface area contributed by atoms with Crippen molar-refractivity contribution in [1.82, 2.24) is 19.6 Å². The number of carbonyl (C=O) groups excluding carboxylic acids is 1. The quantitative estimate of drug-likeness (QED) is 0.608. The van der Waals surface area contributed by atoms with E-state index < -0.39 is 17.2 Å². The molecule has 0 spiro atoms. The van der Waals surface area contributed by atoms with Crippen molar-refractivity contribution in [3.05, 3.63) is 89.6 Å². The molecular formula is C29H36F2N4O2. The van der Waals surface area contributed by atoms with Crippen molar-refractivity contribution in [1.29, 1.82) is 0 Å². The van der Waals surface area contributed by atoms with E-state index in [1.165, 1.54) is 0 Å². The third-order valence-corrected chi connectivity index (χ3v) is 7.50. The van der Waals surface area contributed by atoms with E-state index in [1.807, 2.05) is 44.4 Å². The lowest BCUT2D eigenvalue weighted by atomic mass is 9.89. The molecule has 2 aliphatic rings. The van der Waals surface area contributed by atoms with Crippen molar-refractivity contribution in [3.63, 3.8) is 0 Å². The highest BCUT2D eigenvalue weighted by Crippen LogP contribution is 2.41. The number of likely N-dealkylation sites (tertiary alicyclic amines) is 1. The van der Waals surface area contributed by atoms with Crippen LogP contribution >= 0.6 is 0 Å². The van der Waals surface area contributed by atoms with Crippen molar-refractivity contribution < 1.29 is 18.7 Å². The van der Waals surface area contributed by atoms with Gasteiger partial charge in [0.2, 0.25) is 0 Å². The first kappa shape index (κ1) is 26.8. The molecule has 0 aromatic heterocycles. The topological polar surface area (TPSA) is 50.3 Å². The van der Waals surface area contributed by atoms with Gasteiger partial charge >= 0.3 is 6.03 Å². The van der Waals surface area contributed by atoms with Gasteiger partial charge in [-0.15, -0.1) is 0 Å². The molecule has 2 aromatic rings. The third kappa shape index (κ3) is 5.40. The van der Waals surface area contributed by atoms with Crippen LogP contribution in [0.1, 0.15) is 24.0 Å². The first-order valence-corrected chi connectivity index (χ1v) is 12.6. The minimum absolute atomic E-state index is 0.0121. The Labute approximate surface area is 218 Å². The van der Waals surface area contributed by atoms with E-state index >= 15 is 0 Å². The van der Waals surface area contributed by atoms with Crippen molar-refractivity contribution in [2.24, 2.45) is 0 Å². The largest absolute Gasteiger partial charge is 0.393 e. The Morgan fingerprint density at radius 1 is 1.11 bits per heavy atom. The molecule has 2 heterocycles. The summed E-state index contributed by atoms with van der Waals surface area (Å²) in [6, 6.07) is 12.3. The lowest BCUT2D eigenvalue weighted by Gasteiger charge is -2.43. The molecule has 6 nitrogen and oxygen atoms in total. The summed E-state index contributed by atoms with van der Waals surface area (Å²) in [6.45, 7) is 6.26. The lowest BCUT2D eigenvalue weighted by molar-refractivity contribution is 0.0706. The number of hydrogen-bond donors (Lipinski definition) is 1. The fourth-order valence-electron chi connectivity index (χ4n) is 5.44. The van der Waals surface area contributed by atoms with E-state index in [1.54, 1.807) is 22.9 Å². The van der Waals surface area contributed by atoms with Gasteiger partial charge in [-0.25, -0.2) is 13.6 Å². The number of carbonyl (C=O) groups is 1. The normalized spacial score (nSPS) is 20.4. The van der Waals surface area contributed by atoms with Gasteiger partial charge in [0.1, 0.15) is 17.2 Å². The number of aliphatic hydroxyl groups excluding tert-OH is 1. The van der Waals surface area contributed by atoms with Crippen LogP contribution in [0, 0.1) is 11.6 Å². The second-order valence-corrected chi connectivity index (χ2v) is 10.2. The van der Waals surface area contributed by atoms with Crippen molar-refractivity contribution in [2.45, 2.75) is 24.4 Å². The Hall–Kier alpha value is -3.23. The Morgan fingerprint density at radius 3 is 2.41 bits per heavy atom. The van der Waals surface area contributed by atoms with Gasteiger partial charge in [-0.05, 0) is 62.3 Å². The Kier molecular flexibility index (Phi) is 7.99. The van der Waals surface area contributed by atoms with Crippen LogP contribution < -0.4 is 0 Å². The van der Waals surface area contributed by atoms with Crippen molar-refractivity contribution in [3.8, 4) is 0 Å². The van der Waals surface area contributed by atoms with Gasteiger partial charge in [-0.3, -0.25) is 0 Å². The number of urea groups is 1. The number of hydrogen-bond acceptors (Lipinski definition) is 4. The van der Waals surface area contributed by atoms with Crippen molar-refractivity contribution in [2.75, 3.05) is 53.9 Å². The maximum Gasteiger partial charge on any atom is 0.321 e. The average Bonchev–Trinajstić information content (AvgIpc) is 3.30. The van der Waals surface area contributed by atoms with Crippen LogP contribution in [0.3, 0.4) is 0 Å². The van der Waals surface area contributed by atoms with Crippen LogP contribution in [-0.2, 0) is 5.54 Å². The summed E-state index contributed by atoms with van der Waals surface area (Å²) in [4.78, 5) is 21.6. The van der Waals surface area contributed by atoms with E-state index in [0.717, 1.165) is 56.4 Å². The Balaban J connectivity index is 1.60. The van der Waals surface area contributed by atoms with Gasteiger partial charge in [0.05, 0.1) is 6.61 Å². The monoisotopic (exact) mass is 510 g/mol. The summed E-state index contributed by atoms with van der Waals surface area (Å²) in [7, 11) is 5.81. The van der Waals surface area contributed by atoms with E-state index in [-0.39, 0.29) is 30.8 Å². The van der Waals surface area contributed by atoms with E-state index in [0.29, 0.717) is 11.1 Å². The molecule has 198 valence electrons. The number of aliphatic hydroxyl groups is 1. The van der Waals surface area contributed by atoms with Crippen LogP contribution in [0.4, 0.5) is 13.6 Å². The maximum atomic E-state index is 14.7. The van der Waals surface area contributed by atoms with Gasteiger partial charge in [0.15, 0.2) is 0 Å². The molecule has 37 heavy (non-hydrogen) atoms. The van der Waals surface area contributed by atoms with Crippen LogP contribution in [0.25, 0.3) is 5.57 Å². The Morgan fingerprint density at radius 2 is 1.78 bits per heavy atom. The van der Waals surface area contributed by atoms with Crippen molar-refractivity contribution >= 4 is 11.6 Å². The number of nitrogens with zero attached hydrogens (tertiary/aromatic N) is 4. The highest BCUT2D eigenvalue weighted by atomic mass is 19.1. The molecule has 4 rings (SSSR count). The smallest absolute Gasteiger partial charge is 0.321 e. The molecule has 1 saturated heterocycles. The molecule has 1 N–H and O–H groups in total. The zero-order valence-corrected chi connectivity index (χ0v) is 21.8. The second kappa shape index (κ2) is 11.0. The molecule has 8 heteroatoms. The number of likely N-dealkylation sites (N-methyl/N-ethyl adjacent to an activating group) is 1. The van der Waals surface area contributed by atoms with Crippen LogP contribution in [-0.4, -0.2) is 90.7 Å². The number of amides is 2. The number of benzene rings is 2. The number of piperidine rings is 1. The summed E-state index contributed by atoms with van der Waals surface area (Å²) in [5.41, 5.74) is 1.14. The van der Waals surface area contributed by atoms with Crippen LogP contribution in [0.15, 0.2) is 66.9 Å². The zero-order chi connectivity index (χ0) is 26.7. The number of rotatable bonds is 7. The lowest BCUT2D eigenvalue weighted by Crippen LogP contribution is -2.55.